The molecule has 2 aromatic carbocycles. The van der Waals surface area contributed by atoms with Crippen LogP contribution in [0.25, 0.3) is 10.9 Å². The molecule has 8 heteroatoms. The zero-order chi connectivity index (χ0) is 18.8. The first-order valence-corrected chi connectivity index (χ1v) is 8.71. The molecule has 1 aliphatic heterocycles. The van der Waals surface area contributed by atoms with E-state index in [2.05, 4.69) is 22.2 Å². The number of fused-ring (bicyclic) bond motifs is 2. The molecular weight excluding hydrogens is 348 g/mol. The van der Waals surface area contributed by atoms with Gasteiger partial charge in [-0.1, -0.05) is 19.4 Å². The normalized spacial score (nSPS) is 13.5. The lowest BCUT2D eigenvalue weighted by Gasteiger charge is -2.20. The van der Waals surface area contributed by atoms with E-state index >= 15 is 0 Å². The number of nitrogens with zero attached hydrogens (tertiary/aromatic N) is 3. The molecule has 0 spiro atoms. The minimum Gasteiger partial charge on any atom is -0.454 e. The van der Waals surface area contributed by atoms with E-state index in [0.717, 1.165) is 29.9 Å². The lowest BCUT2D eigenvalue weighted by Crippen LogP contribution is -2.12. The number of anilines is 1. The highest BCUT2D eigenvalue weighted by atomic mass is 16.7. The predicted octanol–water partition coefficient (Wildman–Crippen LogP) is 4.22. The van der Waals surface area contributed by atoms with Crippen LogP contribution in [0.3, 0.4) is 0 Å². The van der Waals surface area contributed by atoms with Gasteiger partial charge in [-0.25, -0.2) is 9.97 Å². The number of nitro groups is 1. The summed E-state index contributed by atoms with van der Waals surface area (Å²) in [4.78, 5) is 19.2. The Balaban J connectivity index is 1.71. The number of non-ortho nitro benzene ring substituents is 1. The van der Waals surface area contributed by atoms with Gasteiger partial charge in [-0.05, 0) is 30.2 Å². The van der Waals surface area contributed by atoms with Gasteiger partial charge in [0.05, 0.1) is 16.5 Å². The smallest absolute Gasteiger partial charge is 0.270 e. The summed E-state index contributed by atoms with van der Waals surface area (Å²) in [7, 11) is 0. The van der Waals surface area contributed by atoms with Crippen LogP contribution < -0.4 is 14.8 Å². The summed E-state index contributed by atoms with van der Waals surface area (Å²) < 4.78 is 10.9. The van der Waals surface area contributed by atoms with Gasteiger partial charge in [0, 0.05) is 17.5 Å². The number of aromatic nitrogens is 2. The Labute approximate surface area is 155 Å². The maximum atomic E-state index is 11.1. The summed E-state index contributed by atoms with van der Waals surface area (Å²) in [6.45, 7) is 2.33. The number of ether oxygens (including phenoxy) is 2. The van der Waals surface area contributed by atoms with Crippen molar-refractivity contribution < 1.29 is 14.4 Å². The minimum atomic E-state index is -0.419. The van der Waals surface area contributed by atoms with Crippen LogP contribution in [0.1, 0.15) is 31.4 Å². The van der Waals surface area contributed by atoms with Crippen LogP contribution in [0.4, 0.5) is 11.5 Å². The zero-order valence-corrected chi connectivity index (χ0v) is 14.7. The second-order valence-electron chi connectivity index (χ2n) is 6.28. The van der Waals surface area contributed by atoms with E-state index in [4.69, 9.17) is 9.47 Å². The van der Waals surface area contributed by atoms with Gasteiger partial charge in [-0.3, -0.25) is 10.1 Å². The summed E-state index contributed by atoms with van der Waals surface area (Å²) in [5.41, 5.74) is 1.70. The van der Waals surface area contributed by atoms with E-state index in [-0.39, 0.29) is 18.5 Å². The molecule has 8 nitrogen and oxygen atoms in total. The Bertz CT molecular complexity index is 1010. The molecular formula is C19H18N4O4. The highest BCUT2D eigenvalue weighted by molar-refractivity contribution is 5.90. The molecule has 1 atom stereocenters. The molecule has 1 aliphatic rings. The number of rotatable bonds is 6. The maximum Gasteiger partial charge on any atom is 0.270 e. The summed E-state index contributed by atoms with van der Waals surface area (Å²) in [5.74, 6) is 2.02. The highest BCUT2D eigenvalue weighted by Gasteiger charge is 2.19. The van der Waals surface area contributed by atoms with Crippen LogP contribution >= 0.6 is 0 Å². The third-order valence-electron chi connectivity index (χ3n) is 4.52. The van der Waals surface area contributed by atoms with E-state index in [1.807, 2.05) is 18.2 Å². The first-order chi connectivity index (χ1) is 13.2. The molecule has 1 aromatic heterocycles. The van der Waals surface area contributed by atoms with Crippen molar-refractivity contribution in [3.05, 3.63) is 58.4 Å². The number of nitro benzene ring substituents is 1. The molecule has 0 saturated heterocycles. The average molecular weight is 366 g/mol. The van der Waals surface area contributed by atoms with Gasteiger partial charge in [0.2, 0.25) is 6.79 Å². The van der Waals surface area contributed by atoms with Crippen LogP contribution in [0.5, 0.6) is 11.5 Å². The van der Waals surface area contributed by atoms with Crippen LogP contribution in [0.15, 0.2) is 42.7 Å². The largest absolute Gasteiger partial charge is 0.454 e. The molecule has 0 amide bonds. The molecule has 0 fully saturated rings. The molecule has 138 valence electrons. The minimum absolute atomic E-state index is 0.00970. The molecule has 2 heterocycles. The van der Waals surface area contributed by atoms with Gasteiger partial charge in [-0.15, -0.1) is 0 Å². The Kier molecular flexibility index (Phi) is 4.45. The van der Waals surface area contributed by atoms with Gasteiger partial charge in [-0.2, -0.15) is 0 Å². The third-order valence-corrected chi connectivity index (χ3v) is 4.52. The fraction of sp³-hybridized carbons (Fsp3) is 0.263. The first-order valence-electron chi connectivity index (χ1n) is 8.71. The van der Waals surface area contributed by atoms with E-state index in [9.17, 15) is 10.1 Å². The molecule has 4 rings (SSSR count). The lowest BCUT2D eigenvalue weighted by molar-refractivity contribution is -0.384. The number of benzene rings is 2. The number of hydrogen-bond donors (Lipinski definition) is 1. The van der Waals surface area contributed by atoms with Crippen molar-refractivity contribution in [1.29, 1.82) is 0 Å². The standard InChI is InChI=1S/C19H18N4O4/c1-2-3-15(12-4-7-17-18(8-12)27-11-26-17)22-19-14-9-13(23(24)25)5-6-16(14)20-10-21-19/h4-10,15H,2-3,11H2,1H3,(H,20,21,22). The molecule has 0 aliphatic carbocycles. The Morgan fingerprint density at radius 2 is 2.04 bits per heavy atom. The van der Waals surface area contributed by atoms with E-state index in [1.165, 1.54) is 18.5 Å². The van der Waals surface area contributed by atoms with Gasteiger partial charge in [0.25, 0.3) is 5.69 Å². The Morgan fingerprint density at radius 3 is 2.85 bits per heavy atom. The first kappa shape index (κ1) is 17.0. The topological polar surface area (TPSA) is 99.4 Å². The van der Waals surface area contributed by atoms with Crippen molar-refractivity contribution in [1.82, 2.24) is 9.97 Å². The maximum absolute atomic E-state index is 11.1. The number of hydrogen-bond acceptors (Lipinski definition) is 7. The second-order valence-corrected chi connectivity index (χ2v) is 6.28. The Morgan fingerprint density at radius 1 is 1.19 bits per heavy atom. The Hall–Kier alpha value is -3.42. The summed E-state index contributed by atoms with van der Waals surface area (Å²) in [6.07, 6.45) is 3.27. The van der Waals surface area contributed by atoms with Crippen LogP contribution in [0.2, 0.25) is 0 Å². The summed E-state index contributed by atoms with van der Waals surface area (Å²) >= 11 is 0. The fourth-order valence-corrected chi connectivity index (χ4v) is 3.18. The molecule has 1 N–H and O–H groups in total. The highest BCUT2D eigenvalue weighted by Crippen LogP contribution is 2.36. The van der Waals surface area contributed by atoms with E-state index in [1.54, 1.807) is 6.07 Å². The molecule has 1 unspecified atom stereocenters. The van der Waals surface area contributed by atoms with Crippen LogP contribution in [-0.2, 0) is 0 Å². The van der Waals surface area contributed by atoms with Gasteiger partial charge in [0.1, 0.15) is 12.1 Å². The third kappa shape index (κ3) is 3.33. The van der Waals surface area contributed by atoms with Crippen molar-refractivity contribution in [3.63, 3.8) is 0 Å². The number of nitrogens with one attached hydrogen (secondary N) is 1. The van der Waals surface area contributed by atoms with Crippen molar-refractivity contribution in [3.8, 4) is 11.5 Å². The van der Waals surface area contributed by atoms with Crippen molar-refractivity contribution in [2.75, 3.05) is 12.1 Å². The average Bonchev–Trinajstić information content (AvgIpc) is 3.15. The van der Waals surface area contributed by atoms with Crippen molar-refractivity contribution in [2.24, 2.45) is 0 Å². The van der Waals surface area contributed by atoms with E-state index in [0.29, 0.717) is 16.7 Å². The molecule has 0 saturated carbocycles. The molecule has 0 radical (unpaired) electrons. The second kappa shape index (κ2) is 7.06. The molecule has 0 bridgehead atoms. The molecule has 3 aromatic rings. The quantitative estimate of drug-likeness (QED) is 0.515. The fourth-order valence-electron chi connectivity index (χ4n) is 3.18. The van der Waals surface area contributed by atoms with Crippen LogP contribution in [0, 0.1) is 10.1 Å². The SMILES string of the molecule is CCCC(Nc1ncnc2ccc([N+](=O)[O-])cc12)c1ccc2c(c1)OCO2. The summed E-state index contributed by atoms with van der Waals surface area (Å²) in [6, 6.07) is 10.4. The lowest BCUT2D eigenvalue weighted by atomic mass is 10.0. The van der Waals surface area contributed by atoms with Crippen LogP contribution in [-0.4, -0.2) is 21.7 Å². The predicted molar refractivity (Wildman–Crippen MR) is 100 cm³/mol. The van der Waals surface area contributed by atoms with Gasteiger partial charge in [0.15, 0.2) is 11.5 Å². The van der Waals surface area contributed by atoms with Gasteiger partial charge < -0.3 is 14.8 Å². The van der Waals surface area contributed by atoms with Crippen molar-refractivity contribution >= 4 is 22.4 Å². The zero-order valence-electron chi connectivity index (χ0n) is 14.7. The monoisotopic (exact) mass is 366 g/mol. The summed E-state index contributed by atoms with van der Waals surface area (Å²) in [5, 5.41) is 15.2. The van der Waals surface area contributed by atoms with E-state index < -0.39 is 4.92 Å². The van der Waals surface area contributed by atoms with Crippen molar-refractivity contribution in [2.45, 2.75) is 25.8 Å². The van der Waals surface area contributed by atoms with Gasteiger partial charge >= 0.3 is 0 Å². The molecule has 27 heavy (non-hydrogen) atoms.